The summed E-state index contributed by atoms with van der Waals surface area (Å²) < 4.78 is 0. The number of ketones is 1. The van der Waals surface area contributed by atoms with Crippen LogP contribution in [0.15, 0.2) is 53.4 Å². The highest BCUT2D eigenvalue weighted by Gasteiger charge is 2.15. The Morgan fingerprint density at radius 2 is 1.71 bits per heavy atom. The highest BCUT2D eigenvalue weighted by molar-refractivity contribution is 8.00. The Bertz CT molecular complexity index is 834. The first-order chi connectivity index (χ1) is 13.4. The Balaban J connectivity index is 1.93. The largest absolute Gasteiger partial charge is 0.326 e. The molecule has 0 heterocycles. The minimum atomic E-state index is -0.321. The molecular weight excluding hydrogens is 372 g/mol. The molecule has 2 N–H and O–H groups in total. The lowest BCUT2D eigenvalue weighted by atomic mass is 10.1. The summed E-state index contributed by atoms with van der Waals surface area (Å²) in [7, 11) is 0. The van der Waals surface area contributed by atoms with Crippen LogP contribution in [0.2, 0.25) is 0 Å². The quantitative estimate of drug-likeness (QED) is 0.453. The Labute approximate surface area is 170 Å². The van der Waals surface area contributed by atoms with Gasteiger partial charge in [-0.3, -0.25) is 14.4 Å². The first kappa shape index (κ1) is 21.7. The number of anilines is 2. The normalized spacial score (nSPS) is 11.5. The minimum absolute atomic E-state index is 0.00352. The Morgan fingerprint density at radius 3 is 2.36 bits per heavy atom. The van der Waals surface area contributed by atoms with Crippen molar-refractivity contribution in [1.82, 2.24) is 0 Å². The van der Waals surface area contributed by atoms with Gasteiger partial charge < -0.3 is 10.6 Å². The van der Waals surface area contributed by atoms with Gasteiger partial charge in [-0.1, -0.05) is 19.4 Å². The standard InChI is InChI=1S/C22H26N2O3S/c1-4-5-9-21(26)23-19-7-6-8-20(14-19)28-16(3)22(27)24-18-12-10-17(11-13-18)15(2)25/h6-8,10-14,16H,4-5,9H2,1-3H3,(H,23,26)(H,24,27). The van der Waals surface area contributed by atoms with Gasteiger partial charge in [-0.05, 0) is 62.7 Å². The minimum Gasteiger partial charge on any atom is -0.326 e. The van der Waals surface area contributed by atoms with E-state index in [2.05, 4.69) is 17.6 Å². The van der Waals surface area contributed by atoms with Gasteiger partial charge in [-0.2, -0.15) is 0 Å². The van der Waals surface area contributed by atoms with Crippen molar-refractivity contribution >= 4 is 40.7 Å². The lowest BCUT2D eigenvalue weighted by molar-refractivity contribution is -0.116. The van der Waals surface area contributed by atoms with Crippen molar-refractivity contribution in [2.24, 2.45) is 0 Å². The summed E-state index contributed by atoms with van der Waals surface area (Å²) in [4.78, 5) is 36.6. The van der Waals surface area contributed by atoms with Crippen LogP contribution < -0.4 is 10.6 Å². The first-order valence-electron chi connectivity index (χ1n) is 9.37. The highest BCUT2D eigenvalue weighted by Crippen LogP contribution is 2.27. The molecule has 0 aromatic heterocycles. The zero-order valence-electron chi connectivity index (χ0n) is 16.5. The maximum absolute atomic E-state index is 12.4. The van der Waals surface area contributed by atoms with Crippen LogP contribution in [0, 0.1) is 0 Å². The highest BCUT2D eigenvalue weighted by atomic mass is 32.2. The van der Waals surface area contributed by atoms with Crippen LogP contribution in [0.1, 0.15) is 50.4 Å². The number of hydrogen-bond donors (Lipinski definition) is 2. The van der Waals surface area contributed by atoms with Gasteiger partial charge in [0.2, 0.25) is 11.8 Å². The fraction of sp³-hybridized carbons (Fsp3) is 0.318. The van der Waals surface area contributed by atoms with Crippen LogP contribution in [0.4, 0.5) is 11.4 Å². The fourth-order valence-corrected chi connectivity index (χ4v) is 3.42. The Morgan fingerprint density at radius 1 is 1.00 bits per heavy atom. The summed E-state index contributed by atoms with van der Waals surface area (Å²) in [6, 6.07) is 14.3. The number of benzene rings is 2. The van der Waals surface area contributed by atoms with E-state index in [0.29, 0.717) is 17.7 Å². The summed E-state index contributed by atoms with van der Waals surface area (Å²) >= 11 is 1.42. The molecule has 0 aliphatic heterocycles. The van der Waals surface area contributed by atoms with Crippen molar-refractivity contribution in [3.63, 3.8) is 0 Å². The molecule has 0 fully saturated rings. The molecule has 0 saturated carbocycles. The van der Waals surface area contributed by atoms with Crippen molar-refractivity contribution in [3.05, 3.63) is 54.1 Å². The fourth-order valence-electron chi connectivity index (χ4n) is 2.50. The number of Topliss-reactive ketones (excluding diaryl/α,β-unsaturated/α-hetero) is 1. The van der Waals surface area contributed by atoms with E-state index in [-0.39, 0.29) is 22.8 Å². The molecule has 1 atom stereocenters. The van der Waals surface area contributed by atoms with E-state index in [4.69, 9.17) is 0 Å². The lowest BCUT2D eigenvalue weighted by Crippen LogP contribution is -2.22. The second-order valence-electron chi connectivity index (χ2n) is 6.56. The number of carbonyl (C=O) groups excluding carboxylic acids is 3. The van der Waals surface area contributed by atoms with Crippen molar-refractivity contribution < 1.29 is 14.4 Å². The molecule has 5 nitrogen and oxygen atoms in total. The molecule has 0 aliphatic carbocycles. The number of amides is 2. The summed E-state index contributed by atoms with van der Waals surface area (Å²) in [5.74, 6) is -0.134. The number of thioether (sulfide) groups is 1. The molecule has 0 radical (unpaired) electrons. The molecule has 0 saturated heterocycles. The molecule has 1 unspecified atom stereocenters. The molecule has 148 valence electrons. The molecule has 2 aromatic carbocycles. The summed E-state index contributed by atoms with van der Waals surface area (Å²) in [6.45, 7) is 5.39. The predicted molar refractivity (Wildman–Crippen MR) is 115 cm³/mol. The lowest BCUT2D eigenvalue weighted by Gasteiger charge is -2.13. The third kappa shape index (κ3) is 6.85. The van der Waals surface area contributed by atoms with Crippen molar-refractivity contribution in [2.45, 2.75) is 50.2 Å². The van der Waals surface area contributed by atoms with Gasteiger partial charge in [0.05, 0.1) is 5.25 Å². The van der Waals surface area contributed by atoms with E-state index in [0.717, 1.165) is 23.4 Å². The molecule has 2 amide bonds. The van der Waals surface area contributed by atoms with E-state index < -0.39 is 0 Å². The van der Waals surface area contributed by atoms with Crippen molar-refractivity contribution in [2.75, 3.05) is 10.6 Å². The van der Waals surface area contributed by atoms with Crippen LogP contribution in [0.25, 0.3) is 0 Å². The molecule has 0 bridgehead atoms. The van der Waals surface area contributed by atoms with Crippen LogP contribution in [-0.2, 0) is 9.59 Å². The molecule has 2 aromatic rings. The SMILES string of the molecule is CCCCC(=O)Nc1cccc(SC(C)C(=O)Nc2ccc(C(C)=O)cc2)c1. The van der Waals surface area contributed by atoms with Gasteiger partial charge in [0.1, 0.15) is 0 Å². The number of unbranched alkanes of at least 4 members (excludes halogenated alkanes) is 1. The zero-order chi connectivity index (χ0) is 20.5. The molecule has 6 heteroatoms. The number of rotatable bonds is 9. The first-order valence-corrected chi connectivity index (χ1v) is 10.3. The van der Waals surface area contributed by atoms with Crippen LogP contribution in [0.3, 0.4) is 0 Å². The predicted octanol–water partition coefficient (Wildman–Crippen LogP) is 5.14. The van der Waals surface area contributed by atoms with Gasteiger partial charge in [0.25, 0.3) is 0 Å². The van der Waals surface area contributed by atoms with Gasteiger partial charge in [-0.15, -0.1) is 11.8 Å². The average Bonchev–Trinajstić information content (AvgIpc) is 2.67. The number of nitrogens with one attached hydrogen (secondary N) is 2. The number of carbonyl (C=O) groups is 3. The summed E-state index contributed by atoms with van der Waals surface area (Å²) in [6.07, 6.45) is 2.35. The monoisotopic (exact) mass is 398 g/mol. The van der Waals surface area contributed by atoms with E-state index in [1.54, 1.807) is 24.3 Å². The summed E-state index contributed by atoms with van der Waals surface area (Å²) in [5, 5.41) is 5.43. The zero-order valence-corrected chi connectivity index (χ0v) is 17.3. The van der Waals surface area contributed by atoms with Gasteiger partial charge in [-0.25, -0.2) is 0 Å². The maximum Gasteiger partial charge on any atom is 0.237 e. The number of hydrogen-bond acceptors (Lipinski definition) is 4. The molecule has 0 aliphatic rings. The smallest absolute Gasteiger partial charge is 0.237 e. The third-order valence-electron chi connectivity index (χ3n) is 4.12. The van der Waals surface area contributed by atoms with E-state index in [9.17, 15) is 14.4 Å². The topological polar surface area (TPSA) is 75.3 Å². The van der Waals surface area contributed by atoms with Crippen molar-refractivity contribution in [3.8, 4) is 0 Å². The molecule has 28 heavy (non-hydrogen) atoms. The van der Waals surface area contributed by atoms with Crippen LogP contribution in [0.5, 0.6) is 0 Å². The second kappa shape index (κ2) is 10.7. The van der Waals surface area contributed by atoms with Crippen LogP contribution in [-0.4, -0.2) is 22.8 Å². The van der Waals surface area contributed by atoms with Crippen LogP contribution >= 0.6 is 11.8 Å². The molecule has 0 spiro atoms. The second-order valence-corrected chi connectivity index (χ2v) is 7.98. The van der Waals surface area contributed by atoms with Crippen molar-refractivity contribution in [1.29, 1.82) is 0 Å². The van der Waals surface area contributed by atoms with E-state index >= 15 is 0 Å². The summed E-state index contributed by atoms with van der Waals surface area (Å²) in [5.41, 5.74) is 2.00. The van der Waals surface area contributed by atoms with Gasteiger partial charge >= 0.3 is 0 Å². The van der Waals surface area contributed by atoms with Gasteiger partial charge in [0, 0.05) is 28.3 Å². The molecule has 2 rings (SSSR count). The van der Waals surface area contributed by atoms with E-state index in [1.165, 1.54) is 18.7 Å². The van der Waals surface area contributed by atoms with Gasteiger partial charge in [0.15, 0.2) is 5.78 Å². The Hall–Kier alpha value is -2.60. The average molecular weight is 399 g/mol. The van der Waals surface area contributed by atoms with E-state index in [1.807, 2.05) is 31.2 Å². The third-order valence-corrected chi connectivity index (χ3v) is 5.21. The molecular formula is C22H26N2O3S. The maximum atomic E-state index is 12.4. The Kier molecular flexibility index (Phi) is 8.26.